The van der Waals surface area contributed by atoms with Gasteiger partial charge in [0, 0.05) is 13.1 Å². The topological polar surface area (TPSA) is 70.5 Å². The number of hydrogen-bond donors (Lipinski definition) is 1. The third-order valence-electron chi connectivity index (χ3n) is 2.95. The summed E-state index contributed by atoms with van der Waals surface area (Å²) < 4.78 is 30.6. The molecule has 94 valence electrons. The molecule has 2 heterocycles. The monoisotopic (exact) mass is 256 g/mol. The molecule has 6 heteroatoms. The lowest BCUT2D eigenvalue weighted by molar-refractivity contribution is 0.483. The van der Waals surface area contributed by atoms with E-state index in [1.807, 2.05) is 0 Å². The Morgan fingerprint density at radius 2 is 1.76 bits per heavy atom. The Hall–Kier alpha value is -1.14. The molecule has 5 nitrogen and oxygen atoms in total. The van der Waals surface area contributed by atoms with Gasteiger partial charge in [-0.05, 0) is 25.0 Å². The van der Waals surface area contributed by atoms with E-state index >= 15 is 0 Å². The molecule has 0 aromatic carbocycles. The maximum absolute atomic E-state index is 10.9. The summed E-state index contributed by atoms with van der Waals surface area (Å²) in [5.74, 6) is 0.777. The number of pyridine rings is 1. The number of nitrogens with zero attached hydrogens (tertiary/aromatic N) is 2. The zero-order valence-corrected chi connectivity index (χ0v) is 10.4. The number of rotatable bonds is 2. The molecular formula is C11H16N2O3S. The van der Waals surface area contributed by atoms with Gasteiger partial charge < -0.3 is 4.90 Å². The van der Waals surface area contributed by atoms with Crippen molar-refractivity contribution < 1.29 is 13.0 Å². The van der Waals surface area contributed by atoms with Crippen molar-refractivity contribution in [2.75, 3.05) is 18.0 Å². The molecule has 1 aromatic heterocycles. The summed E-state index contributed by atoms with van der Waals surface area (Å²) in [5, 5.41) is 0. The summed E-state index contributed by atoms with van der Waals surface area (Å²) in [4.78, 5) is 6.09. The molecule has 0 radical (unpaired) electrons. The van der Waals surface area contributed by atoms with Crippen LogP contribution < -0.4 is 4.90 Å². The molecule has 1 saturated heterocycles. The Balaban J connectivity index is 2.17. The molecule has 1 N–H and O–H groups in total. The lowest BCUT2D eigenvalue weighted by Gasteiger charge is -2.21. The molecule has 2 rings (SSSR count). The molecule has 0 bridgehead atoms. The third kappa shape index (κ3) is 3.17. The van der Waals surface area contributed by atoms with Gasteiger partial charge in [0.2, 0.25) is 0 Å². The summed E-state index contributed by atoms with van der Waals surface area (Å²) in [6.07, 6.45) is 5.96. The van der Waals surface area contributed by atoms with Crippen LogP contribution in [0.5, 0.6) is 0 Å². The molecule has 0 unspecified atom stereocenters. The SMILES string of the molecule is O=S(=O)(O)c1ccc(N2CCCCCC2)nc1. The van der Waals surface area contributed by atoms with E-state index in [9.17, 15) is 8.42 Å². The van der Waals surface area contributed by atoms with Crippen molar-refractivity contribution in [1.82, 2.24) is 4.98 Å². The smallest absolute Gasteiger partial charge is 0.296 e. The highest BCUT2D eigenvalue weighted by atomic mass is 32.2. The van der Waals surface area contributed by atoms with Crippen molar-refractivity contribution in [1.29, 1.82) is 0 Å². The van der Waals surface area contributed by atoms with Gasteiger partial charge in [-0.15, -0.1) is 0 Å². The normalized spacial score (nSPS) is 17.8. The van der Waals surface area contributed by atoms with Gasteiger partial charge in [0.05, 0.1) is 6.20 Å². The number of hydrogen-bond acceptors (Lipinski definition) is 4. The minimum atomic E-state index is -4.14. The van der Waals surface area contributed by atoms with Gasteiger partial charge in [-0.1, -0.05) is 12.8 Å². The summed E-state index contributed by atoms with van der Waals surface area (Å²) in [6.45, 7) is 1.91. The van der Waals surface area contributed by atoms with Crippen molar-refractivity contribution in [3.63, 3.8) is 0 Å². The second-order valence-electron chi connectivity index (χ2n) is 4.23. The molecule has 0 amide bonds. The van der Waals surface area contributed by atoms with Crippen LogP contribution in [0.15, 0.2) is 23.2 Å². The first-order valence-corrected chi connectivity index (χ1v) is 7.20. The molecule has 1 aliphatic heterocycles. The van der Waals surface area contributed by atoms with E-state index in [0.717, 1.165) is 31.7 Å². The van der Waals surface area contributed by atoms with E-state index in [2.05, 4.69) is 9.88 Å². The van der Waals surface area contributed by atoms with Gasteiger partial charge in [-0.25, -0.2) is 4.98 Å². The third-order valence-corrected chi connectivity index (χ3v) is 3.79. The highest BCUT2D eigenvalue weighted by Crippen LogP contribution is 2.18. The van der Waals surface area contributed by atoms with Gasteiger partial charge in [-0.3, -0.25) is 4.55 Å². The zero-order valence-electron chi connectivity index (χ0n) is 9.54. The molecule has 1 aromatic rings. The lowest BCUT2D eigenvalue weighted by Crippen LogP contribution is -2.24. The minimum absolute atomic E-state index is 0.156. The average molecular weight is 256 g/mol. The van der Waals surface area contributed by atoms with Crippen LogP contribution in [0.1, 0.15) is 25.7 Å². The summed E-state index contributed by atoms with van der Waals surface area (Å²) in [5.41, 5.74) is 0. The fraction of sp³-hybridized carbons (Fsp3) is 0.545. The Kier molecular flexibility index (Phi) is 3.63. The van der Waals surface area contributed by atoms with E-state index in [1.54, 1.807) is 6.07 Å². The molecule has 0 saturated carbocycles. The fourth-order valence-corrected chi connectivity index (χ4v) is 2.44. The van der Waals surface area contributed by atoms with Crippen molar-refractivity contribution >= 4 is 15.9 Å². The van der Waals surface area contributed by atoms with Crippen LogP contribution in [0.3, 0.4) is 0 Å². The molecule has 0 aliphatic carbocycles. The Morgan fingerprint density at radius 1 is 1.12 bits per heavy atom. The first-order chi connectivity index (χ1) is 8.07. The van der Waals surface area contributed by atoms with Crippen LogP contribution in [0, 0.1) is 0 Å². The Morgan fingerprint density at radius 3 is 2.24 bits per heavy atom. The predicted octanol–water partition coefficient (Wildman–Crippen LogP) is 1.71. The fourth-order valence-electron chi connectivity index (χ4n) is 2.01. The largest absolute Gasteiger partial charge is 0.357 e. The van der Waals surface area contributed by atoms with Crippen molar-refractivity contribution in [3.8, 4) is 0 Å². The van der Waals surface area contributed by atoms with Gasteiger partial charge in [0.1, 0.15) is 10.7 Å². The first kappa shape index (κ1) is 12.3. The molecule has 0 spiro atoms. The standard InChI is InChI=1S/C11H16N2O3S/c14-17(15,16)10-5-6-11(12-9-10)13-7-3-1-2-4-8-13/h5-6,9H,1-4,7-8H2,(H,14,15,16). The summed E-state index contributed by atoms with van der Waals surface area (Å²) >= 11 is 0. The lowest BCUT2D eigenvalue weighted by atomic mass is 10.2. The van der Waals surface area contributed by atoms with Crippen LogP contribution >= 0.6 is 0 Å². The van der Waals surface area contributed by atoms with Crippen LogP contribution in [0.2, 0.25) is 0 Å². The first-order valence-electron chi connectivity index (χ1n) is 5.76. The molecule has 1 aliphatic rings. The van der Waals surface area contributed by atoms with E-state index in [0.29, 0.717) is 0 Å². The molecular weight excluding hydrogens is 240 g/mol. The Bertz CT molecular complexity index is 462. The average Bonchev–Trinajstić information content (AvgIpc) is 2.56. The molecule has 1 fully saturated rings. The predicted molar refractivity (Wildman–Crippen MR) is 64.7 cm³/mol. The van der Waals surface area contributed by atoms with Gasteiger partial charge in [-0.2, -0.15) is 8.42 Å². The Labute approximate surface area is 101 Å². The van der Waals surface area contributed by atoms with Gasteiger partial charge in [0.15, 0.2) is 0 Å². The van der Waals surface area contributed by atoms with Crippen LogP contribution in [-0.4, -0.2) is 31.0 Å². The minimum Gasteiger partial charge on any atom is -0.357 e. The van der Waals surface area contributed by atoms with Crippen molar-refractivity contribution in [3.05, 3.63) is 18.3 Å². The number of anilines is 1. The van der Waals surface area contributed by atoms with Crippen molar-refractivity contribution in [2.45, 2.75) is 30.6 Å². The highest BCUT2D eigenvalue weighted by Gasteiger charge is 2.13. The van der Waals surface area contributed by atoms with Crippen LogP contribution in [-0.2, 0) is 10.1 Å². The van der Waals surface area contributed by atoms with Crippen LogP contribution in [0.25, 0.3) is 0 Å². The van der Waals surface area contributed by atoms with E-state index in [4.69, 9.17) is 4.55 Å². The highest BCUT2D eigenvalue weighted by molar-refractivity contribution is 7.85. The summed E-state index contributed by atoms with van der Waals surface area (Å²) in [7, 11) is -4.14. The zero-order chi connectivity index (χ0) is 12.3. The number of aromatic nitrogens is 1. The summed E-state index contributed by atoms with van der Waals surface area (Å²) in [6, 6.07) is 3.04. The van der Waals surface area contributed by atoms with E-state index in [-0.39, 0.29) is 4.90 Å². The van der Waals surface area contributed by atoms with Crippen molar-refractivity contribution in [2.24, 2.45) is 0 Å². The molecule has 17 heavy (non-hydrogen) atoms. The quantitative estimate of drug-likeness (QED) is 0.816. The second-order valence-corrected chi connectivity index (χ2v) is 5.65. The van der Waals surface area contributed by atoms with Gasteiger partial charge in [0.25, 0.3) is 10.1 Å². The van der Waals surface area contributed by atoms with E-state index < -0.39 is 10.1 Å². The second kappa shape index (κ2) is 5.01. The maximum atomic E-state index is 10.9. The van der Waals surface area contributed by atoms with E-state index in [1.165, 1.54) is 25.1 Å². The van der Waals surface area contributed by atoms with Crippen LogP contribution in [0.4, 0.5) is 5.82 Å². The molecule has 0 atom stereocenters. The van der Waals surface area contributed by atoms with Gasteiger partial charge >= 0.3 is 0 Å². The maximum Gasteiger partial charge on any atom is 0.296 e.